The summed E-state index contributed by atoms with van der Waals surface area (Å²) in [6.07, 6.45) is 0.417. The Labute approximate surface area is 192 Å². The molecule has 4 rings (SSSR count). The highest BCUT2D eigenvalue weighted by molar-refractivity contribution is 7.99. The van der Waals surface area contributed by atoms with Crippen LogP contribution in [0.2, 0.25) is 0 Å². The van der Waals surface area contributed by atoms with Gasteiger partial charge in [-0.1, -0.05) is 42.5 Å². The quantitative estimate of drug-likeness (QED) is 0.484. The third kappa shape index (κ3) is 4.62. The third-order valence-corrected chi connectivity index (χ3v) is 8.85. The molecule has 0 N–H and O–H groups in total. The molecule has 1 saturated heterocycles. The Hall–Kier alpha value is -2.55. The van der Waals surface area contributed by atoms with Crippen LogP contribution in [0.15, 0.2) is 71.6 Å². The van der Waals surface area contributed by atoms with Crippen molar-refractivity contribution >= 4 is 38.5 Å². The monoisotopic (exact) mass is 471 g/mol. The summed E-state index contributed by atoms with van der Waals surface area (Å²) in [6.45, 7) is 0.260. The van der Waals surface area contributed by atoms with Crippen LogP contribution in [-0.4, -0.2) is 50.7 Å². The van der Waals surface area contributed by atoms with Crippen molar-refractivity contribution in [2.24, 2.45) is 0 Å². The molecule has 0 radical (unpaired) electrons. The number of methoxy groups -OCH3 is 2. The summed E-state index contributed by atoms with van der Waals surface area (Å²) in [5.41, 5.74) is 1.11. The van der Waals surface area contributed by atoms with Crippen molar-refractivity contribution in [1.82, 2.24) is 4.31 Å². The number of carbonyl (C=O) groups is 1. The van der Waals surface area contributed by atoms with Crippen LogP contribution in [0.5, 0.6) is 5.75 Å². The van der Waals surface area contributed by atoms with E-state index in [1.807, 2.05) is 48.5 Å². The first-order chi connectivity index (χ1) is 15.4. The second-order valence-corrected chi connectivity index (χ2v) is 10.8. The number of fused-ring (bicyclic) bond motifs is 1. The molecular weight excluding hydrogens is 446 g/mol. The van der Waals surface area contributed by atoms with E-state index in [1.54, 1.807) is 37.1 Å². The number of carbonyl (C=O) groups excluding carboxylic acids is 1. The summed E-state index contributed by atoms with van der Waals surface area (Å²) in [4.78, 5) is 12.6. The van der Waals surface area contributed by atoms with E-state index in [4.69, 9.17) is 9.47 Å². The van der Waals surface area contributed by atoms with Crippen LogP contribution in [0.25, 0.3) is 10.8 Å². The summed E-state index contributed by atoms with van der Waals surface area (Å²) < 4.78 is 38.4. The molecule has 0 spiro atoms. The van der Waals surface area contributed by atoms with E-state index in [-0.39, 0.29) is 16.7 Å². The average molecular weight is 472 g/mol. The first-order valence-corrected chi connectivity index (χ1v) is 12.7. The molecule has 0 amide bonds. The highest BCUT2D eigenvalue weighted by atomic mass is 32.2. The maximum atomic E-state index is 13.5. The van der Waals surface area contributed by atoms with E-state index in [9.17, 15) is 13.2 Å². The fraction of sp³-hybridized carbons (Fsp3) is 0.292. The van der Waals surface area contributed by atoms with Gasteiger partial charge in [-0.15, -0.1) is 0 Å². The van der Waals surface area contributed by atoms with Gasteiger partial charge in [-0.05, 0) is 47.0 Å². The lowest BCUT2D eigenvalue weighted by atomic mass is 10.1. The van der Waals surface area contributed by atoms with Gasteiger partial charge in [0, 0.05) is 17.5 Å². The van der Waals surface area contributed by atoms with Gasteiger partial charge in [-0.25, -0.2) is 8.42 Å². The molecule has 3 aromatic carbocycles. The van der Waals surface area contributed by atoms with Gasteiger partial charge in [-0.3, -0.25) is 4.79 Å². The zero-order valence-electron chi connectivity index (χ0n) is 17.9. The van der Waals surface area contributed by atoms with Gasteiger partial charge in [0.05, 0.1) is 19.1 Å². The maximum Gasteiger partial charge on any atom is 0.324 e. The van der Waals surface area contributed by atoms with Crippen LogP contribution in [0.1, 0.15) is 12.0 Å². The van der Waals surface area contributed by atoms with Crippen molar-refractivity contribution < 1.29 is 22.7 Å². The minimum absolute atomic E-state index is 0.0172. The highest BCUT2D eigenvalue weighted by Gasteiger charge is 2.44. The van der Waals surface area contributed by atoms with E-state index in [0.29, 0.717) is 12.2 Å². The van der Waals surface area contributed by atoms with Gasteiger partial charge >= 0.3 is 5.97 Å². The van der Waals surface area contributed by atoms with Crippen LogP contribution in [0.3, 0.4) is 0 Å². The van der Waals surface area contributed by atoms with Gasteiger partial charge in [0.2, 0.25) is 10.0 Å². The lowest BCUT2D eigenvalue weighted by Gasteiger charge is -2.22. The van der Waals surface area contributed by atoms with Crippen molar-refractivity contribution in [3.05, 3.63) is 72.3 Å². The largest absolute Gasteiger partial charge is 0.497 e. The summed E-state index contributed by atoms with van der Waals surface area (Å²) in [5, 5.41) is 1.79. The molecule has 0 saturated carbocycles. The van der Waals surface area contributed by atoms with Crippen molar-refractivity contribution in [3.8, 4) is 5.75 Å². The summed E-state index contributed by atoms with van der Waals surface area (Å²) in [6, 6.07) is 19.6. The van der Waals surface area contributed by atoms with Crippen molar-refractivity contribution in [1.29, 1.82) is 0 Å². The molecule has 3 aromatic rings. The number of esters is 1. The van der Waals surface area contributed by atoms with Gasteiger partial charge in [-0.2, -0.15) is 16.1 Å². The number of sulfonamides is 1. The second kappa shape index (κ2) is 9.52. The molecule has 0 aliphatic carbocycles. The molecule has 6 nitrogen and oxygen atoms in total. The number of thioether (sulfide) groups is 1. The predicted octanol–water partition coefficient (Wildman–Crippen LogP) is 4.09. The Morgan fingerprint density at radius 1 is 1.03 bits per heavy atom. The Morgan fingerprint density at radius 3 is 2.44 bits per heavy atom. The molecule has 168 valence electrons. The summed E-state index contributed by atoms with van der Waals surface area (Å²) in [5.74, 6) is 0.979. The van der Waals surface area contributed by atoms with Crippen LogP contribution in [-0.2, 0) is 25.3 Å². The molecule has 0 unspecified atom stereocenters. The molecule has 1 heterocycles. The second-order valence-electron chi connectivity index (χ2n) is 7.64. The molecule has 32 heavy (non-hydrogen) atoms. The van der Waals surface area contributed by atoms with Crippen molar-refractivity contribution in [2.75, 3.05) is 20.8 Å². The first kappa shape index (κ1) is 22.6. The maximum absolute atomic E-state index is 13.5. The van der Waals surface area contributed by atoms with Crippen LogP contribution >= 0.6 is 11.8 Å². The van der Waals surface area contributed by atoms with Gasteiger partial charge in [0.25, 0.3) is 0 Å². The SMILES string of the molecule is COC(=O)[C@@H]1C[C@@H](SCc2ccc(OC)cc2)CN1S(=O)(=O)c1ccc2ccccc2c1. The number of ether oxygens (including phenoxy) is 2. The van der Waals surface area contributed by atoms with Crippen molar-refractivity contribution in [2.45, 2.75) is 28.4 Å². The zero-order chi connectivity index (χ0) is 22.7. The Bertz CT molecular complexity index is 1210. The van der Waals surface area contributed by atoms with E-state index in [2.05, 4.69) is 0 Å². The lowest BCUT2D eigenvalue weighted by Crippen LogP contribution is -2.41. The number of benzene rings is 3. The fourth-order valence-electron chi connectivity index (χ4n) is 3.90. The van der Waals surface area contributed by atoms with E-state index in [0.717, 1.165) is 22.1 Å². The molecule has 1 aliphatic rings. The van der Waals surface area contributed by atoms with Crippen LogP contribution in [0.4, 0.5) is 0 Å². The predicted molar refractivity (Wildman–Crippen MR) is 126 cm³/mol. The number of hydrogen-bond donors (Lipinski definition) is 0. The van der Waals surface area contributed by atoms with Gasteiger partial charge < -0.3 is 9.47 Å². The number of nitrogens with zero attached hydrogens (tertiary/aromatic N) is 1. The zero-order valence-corrected chi connectivity index (χ0v) is 19.6. The van der Waals surface area contributed by atoms with E-state index >= 15 is 0 Å². The fourth-order valence-corrected chi connectivity index (χ4v) is 6.87. The third-order valence-electron chi connectivity index (χ3n) is 5.66. The van der Waals surface area contributed by atoms with Crippen molar-refractivity contribution in [3.63, 3.8) is 0 Å². The van der Waals surface area contributed by atoms with E-state index in [1.165, 1.54) is 11.4 Å². The highest BCUT2D eigenvalue weighted by Crippen LogP contribution is 2.35. The minimum atomic E-state index is -3.86. The molecule has 2 atom stereocenters. The molecular formula is C24H25NO5S2. The van der Waals surface area contributed by atoms with Gasteiger partial charge in [0.15, 0.2) is 0 Å². The smallest absolute Gasteiger partial charge is 0.324 e. The topological polar surface area (TPSA) is 72.9 Å². The summed E-state index contributed by atoms with van der Waals surface area (Å²) >= 11 is 1.65. The molecule has 1 fully saturated rings. The normalized spacial score (nSPS) is 19.2. The standard InChI is InChI=1S/C24H25NO5S2/c1-29-20-10-7-17(8-11-20)16-31-21-14-23(24(26)30-2)25(15-21)32(27,28)22-12-9-18-5-3-4-6-19(18)13-22/h3-13,21,23H,14-16H2,1-2H3/t21-,23+/m1/s1. The average Bonchev–Trinajstić information content (AvgIpc) is 3.27. The lowest BCUT2D eigenvalue weighted by molar-refractivity contribution is -0.144. The molecule has 1 aliphatic heterocycles. The van der Waals surface area contributed by atoms with Crippen LogP contribution in [0, 0.1) is 0 Å². The molecule has 8 heteroatoms. The van der Waals surface area contributed by atoms with Crippen LogP contribution < -0.4 is 4.74 Å². The number of hydrogen-bond acceptors (Lipinski definition) is 6. The summed E-state index contributed by atoms with van der Waals surface area (Å²) in [7, 11) is -0.939. The van der Waals surface area contributed by atoms with E-state index < -0.39 is 22.0 Å². The van der Waals surface area contributed by atoms with Gasteiger partial charge in [0.1, 0.15) is 11.8 Å². The Kier molecular flexibility index (Phi) is 6.74. The molecule has 0 bridgehead atoms. The minimum Gasteiger partial charge on any atom is -0.497 e. The molecule has 0 aromatic heterocycles. The first-order valence-electron chi connectivity index (χ1n) is 10.3. The number of rotatable bonds is 7. The Balaban J connectivity index is 1.55. The Morgan fingerprint density at radius 2 is 1.75 bits per heavy atom.